The molecule has 0 aliphatic carbocycles. The minimum atomic E-state index is -0.0981. The van der Waals surface area contributed by atoms with E-state index in [1.54, 1.807) is 41.1 Å². The molecule has 0 saturated carbocycles. The van der Waals surface area contributed by atoms with Crippen LogP contribution in [-0.2, 0) is 11.8 Å². The van der Waals surface area contributed by atoms with Crippen LogP contribution in [0.15, 0.2) is 36.8 Å². The van der Waals surface area contributed by atoms with Gasteiger partial charge < -0.3 is 19.7 Å². The number of anilines is 2. The molecule has 31 heavy (non-hydrogen) atoms. The number of benzene rings is 1. The number of nitrogens with zero attached hydrogens (tertiary/aromatic N) is 5. The van der Waals surface area contributed by atoms with Gasteiger partial charge in [-0.05, 0) is 18.2 Å². The van der Waals surface area contributed by atoms with Crippen LogP contribution in [0.5, 0.6) is 5.75 Å². The summed E-state index contributed by atoms with van der Waals surface area (Å²) < 4.78 is 12.8. The molecule has 1 aromatic carbocycles. The van der Waals surface area contributed by atoms with Crippen LogP contribution in [0.4, 0.5) is 11.6 Å². The topological polar surface area (TPSA) is 94.4 Å². The van der Waals surface area contributed by atoms with Crippen molar-refractivity contribution in [2.45, 2.75) is 12.0 Å². The lowest BCUT2D eigenvalue weighted by molar-refractivity contribution is -0.209. The minimum Gasteiger partial charge on any atom is -0.495 e. The molecule has 1 amide bonds. The lowest BCUT2D eigenvalue weighted by atomic mass is 9.86. The van der Waals surface area contributed by atoms with Gasteiger partial charge in [0.2, 0.25) is 5.95 Å². The summed E-state index contributed by atoms with van der Waals surface area (Å²) in [7, 11) is 3.38. The fraction of sp³-hybridized carbons (Fsp3) is 0.333. The summed E-state index contributed by atoms with van der Waals surface area (Å²) in [6, 6.07) is 5.26. The maximum absolute atomic E-state index is 12.8. The summed E-state index contributed by atoms with van der Waals surface area (Å²) in [5.41, 5.74) is 2.46. The Morgan fingerprint density at radius 3 is 2.77 bits per heavy atom. The highest BCUT2D eigenvalue weighted by atomic mass is 35.5. The molecule has 1 spiro atoms. The van der Waals surface area contributed by atoms with E-state index in [0.29, 0.717) is 46.8 Å². The largest absolute Gasteiger partial charge is 0.495 e. The van der Waals surface area contributed by atoms with Gasteiger partial charge >= 0.3 is 0 Å². The van der Waals surface area contributed by atoms with Crippen molar-refractivity contribution in [1.29, 1.82) is 0 Å². The zero-order chi connectivity index (χ0) is 21.6. The second-order valence-electron chi connectivity index (χ2n) is 7.78. The van der Waals surface area contributed by atoms with E-state index in [2.05, 4.69) is 20.4 Å². The van der Waals surface area contributed by atoms with Gasteiger partial charge in [0.1, 0.15) is 11.4 Å². The van der Waals surface area contributed by atoms with Gasteiger partial charge in [-0.1, -0.05) is 11.6 Å². The highest BCUT2D eigenvalue weighted by molar-refractivity contribution is 6.32. The van der Waals surface area contributed by atoms with Crippen LogP contribution >= 0.6 is 11.6 Å². The van der Waals surface area contributed by atoms with Crippen LogP contribution in [0.2, 0.25) is 5.02 Å². The average molecular weight is 441 g/mol. The number of hydrogen-bond acceptors (Lipinski definition) is 7. The molecule has 10 heteroatoms. The van der Waals surface area contributed by atoms with Gasteiger partial charge in [-0.15, -0.1) is 0 Å². The number of halogens is 1. The first-order chi connectivity index (χ1) is 15.0. The number of nitrogens with one attached hydrogen (secondary N) is 1. The highest BCUT2D eigenvalue weighted by Gasteiger charge is 2.50. The molecule has 5 rings (SSSR count). The molecule has 2 fully saturated rings. The van der Waals surface area contributed by atoms with Crippen LogP contribution < -0.4 is 10.1 Å². The molecule has 3 aromatic rings. The molecule has 0 unspecified atom stereocenters. The van der Waals surface area contributed by atoms with E-state index in [1.807, 2.05) is 13.2 Å². The van der Waals surface area contributed by atoms with Gasteiger partial charge in [0, 0.05) is 30.8 Å². The van der Waals surface area contributed by atoms with Crippen LogP contribution in [-0.4, -0.2) is 63.0 Å². The predicted octanol–water partition coefficient (Wildman–Crippen LogP) is 2.90. The standard InChI is InChI=1S/C21H21ClN6O3/c1-27-10-14(8-24-27)18-15(22)9-23-20(26-18)25-16-4-3-13(7-17(16)30-2)19(29)28-11-21(12-28)5-6-31-21/h3-4,7-10H,5-6,11-12H2,1-2H3,(H,23,25,26). The second kappa shape index (κ2) is 7.51. The number of carbonyl (C=O) groups excluding carboxylic acids is 1. The van der Waals surface area contributed by atoms with Crippen LogP contribution in [0.1, 0.15) is 16.8 Å². The first kappa shape index (κ1) is 19.8. The second-order valence-corrected chi connectivity index (χ2v) is 8.18. The summed E-state index contributed by atoms with van der Waals surface area (Å²) in [6.45, 7) is 2.07. The Bertz CT molecular complexity index is 1150. The van der Waals surface area contributed by atoms with E-state index in [0.717, 1.165) is 18.6 Å². The third kappa shape index (κ3) is 3.60. The van der Waals surface area contributed by atoms with Crippen molar-refractivity contribution < 1.29 is 14.3 Å². The van der Waals surface area contributed by atoms with Gasteiger partial charge in [0.15, 0.2) is 0 Å². The molecular formula is C21H21ClN6O3. The van der Waals surface area contributed by atoms with E-state index < -0.39 is 0 Å². The van der Waals surface area contributed by atoms with Crippen LogP contribution in [0, 0.1) is 0 Å². The SMILES string of the molecule is COc1cc(C(=O)N2CC3(CCO3)C2)ccc1Nc1ncc(Cl)c(-c2cnn(C)c2)n1. The number of aryl methyl sites for hydroxylation is 1. The lowest BCUT2D eigenvalue weighted by Gasteiger charge is -2.55. The Hall–Kier alpha value is -3.17. The van der Waals surface area contributed by atoms with E-state index in [9.17, 15) is 4.79 Å². The van der Waals surface area contributed by atoms with Crippen LogP contribution in [0.3, 0.4) is 0 Å². The Morgan fingerprint density at radius 1 is 1.32 bits per heavy atom. The quantitative estimate of drug-likeness (QED) is 0.651. The summed E-state index contributed by atoms with van der Waals surface area (Å²) >= 11 is 6.28. The number of carbonyl (C=O) groups is 1. The first-order valence-electron chi connectivity index (χ1n) is 9.86. The van der Waals surface area contributed by atoms with Crippen molar-refractivity contribution in [2.24, 2.45) is 7.05 Å². The number of hydrogen-bond donors (Lipinski definition) is 1. The fourth-order valence-electron chi connectivity index (χ4n) is 3.84. The molecule has 9 nitrogen and oxygen atoms in total. The Morgan fingerprint density at radius 2 is 2.13 bits per heavy atom. The third-order valence-electron chi connectivity index (χ3n) is 5.63. The summed E-state index contributed by atoms with van der Waals surface area (Å²) in [6.07, 6.45) is 6.07. The number of likely N-dealkylation sites (tertiary alicyclic amines) is 1. The molecule has 2 aromatic heterocycles. The lowest BCUT2D eigenvalue weighted by Crippen LogP contribution is -2.69. The summed E-state index contributed by atoms with van der Waals surface area (Å²) in [4.78, 5) is 23.3. The summed E-state index contributed by atoms with van der Waals surface area (Å²) in [5.74, 6) is 0.836. The fourth-order valence-corrected chi connectivity index (χ4v) is 4.04. The molecule has 2 saturated heterocycles. The van der Waals surface area contributed by atoms with E-state index >= 15 is 0 Å². The van der Waals surface area contributed by atoms with Crippen molar-refractivity contribution in [1.82, 2.24) is 24.6 Å². The van der Waals surface area contributed by atoms with Gasteiger partial charge in [-0.3, -0.25) is 9.48 Å². The third-order valence-corrected chi connectivity index (χ3v) is 5.91. The van der Waals surface area contributed by atoms with Gasteiger partial charge in [-0.2, -0.15) is 5.10 Å². The minimum absolute atomic E-state index is 0.0346. The molecule has 1 N–H and O–H groups in total. The molecule has 0 atom stereocenters. The molecule has 2 aliphatic rings. The van der Waals surface area contributed by atoms with Crippen molar-refractivity contribution >= 4 is 29.1 Å². The number of aromatic nitrogens is 4. The van der Waals surface area contributed by atoms with E-state index in [4.69, 9.17) is 21.1 Å². The Kier molecular flexibility index (Phi) is 4.79. The maximum atomic E-state index is 12.8. The molecular weight excluding hydrogens is 420 g/mol. The number of ether oxygens (including phenoxy) is 2. The first-order valence-corrected chi connectivity index (χ1v) is 10.2. The smallest absolute Gasteiger partial charge is 0.254 e. The number of rotatable bonds is 5. The van der Waals surface area contributed by atoms with E-state index in [1.165, 1.54) is 6.20 Å². The molecule has 0 bridgehead atoms. The van der Waals surface area contributed by atoms with E-state index in [-0.39, 0.29) is 11.5 Å². The predicted molar refractivity (Wildman–Crippen MR) is 115 cm³/mol. The number of amides is 1. The van der Waals surface area contributed by atoms with Crippen molar-refractivity contribution in [3.05, 3.63) is 47.4 Å². The zero-order valence-corrected chi connectivity index (χ0v) is 17.9. The van der Waals surface area contributed by atoms with Crippen LogP contribution in [0.25, 0.3) is 11.3 Å². The summed E-state index contributed by atoms with van der Waals surface area (Å²) in [5, 5.41) is 7.73. The average Bonchev–Trinajstić information content (AvgIpc) is 3.13. The van der Waals surface area contributed by atoms with Gasteiger partial charge in [0.25, 0.3) is 5.91 Å². The maximum Gasteiger partial charge on any atom is 0.254 e. The number of methoxy groups -OCH3 is 1. The Labute approximate surface area is 184 Å². The monoisotopic (exact) mass is 440 g/mol. The van der Waals surface area contributed by atoms with Gasteiger partial charge in [-0.25, -0.2) is 9.97 Å². The van der Waals surface area contributed by atoms with Crippen molar-refractivity contribution in [3.8, 4) is 17.0 Å². The molecule has 2 aliphatic heterocycles. The normalized spacial score (nSPS) is 16.5. The molecule has 4 heterocycles. The Balaban J connectivity index is 1.35. The van der Waals surface area contributed by atoms with Gasteiger partial charge in [0.05, 0.1) is 55.6 Å². The highest BCUT2D eigenvalue weighted by Crippen LogP contribution is 2.37. The van der Waals surface area contributed by atoms with Crippen molar-refractivity contribution in [3.63, 3.8) is 0 Å². The van der Waals surface area contributed by atoms with Crippen molar-refractivity contribution in [2.75, 3.05) is 32.1 Å². The zero-order valence-electron chi connectivity index (χ0n) is 17.1. The molecule has 160 valence electrons. The molecule has 0 radical (unpaired) electrons.